The van der Waals surface area contributed by atoms with Crippen LogP contribution in [0.2, 0.25) is 0 Å². The Morgan fingerprint density at radius 1 is 1.25 bits per heavy atom. The summed E-state index contributed by atoms with van der Waals surface area (Å²) in [5.41, 5.74) is 5.64. The van der Waals surface area contributed by atoms with Gasteiger partial charge in [0.05, 0.1) is 6.61 Å². The lowest BCUT2D eigenvalue weighted by Gasteiger charge is -2.22. The molecule has 1 rings (SSSR count). The molecule has 12 heavy (non-hydrogen) atoms. The third kappa shape index (κ3) is 3.55. The Morgan fingerprint density at radius 2 is 1.92 bits per heavy atom. The fourth-order valence-corrected chi connectivity index (χ4v) is 2.02. The van der Waals surface area contributed by atoms with Crippen molar-refractivity contribution in [2.75, 3.05) is 6.61 Å². The van der Waals surface area contributed by atoms with Gasteiger partial charge in [0.25, 0.3) is 0 Å². The van der Waals surface area contributed by atoms with E-state index in [1.165, 1.54) is 38.5 Å². The molecule has 0 amide bonds. The first-order chi connectivity index (χ1) is 5.83. The summed E-state index contributed by atoms with van der Waals surface area (Å²) in [6, 6.07) is 0.0203. The van der Waals surface area contributed by atoms with Crippen LogP contribution in [0, 0.1) is 5.92 Å². The molecule has 0 aliphatic heterocycles. The molecule has 1 saturated carbocycles. The van der Waals surface area contributed by atoms with E-state index in [-0.39, 0.29) is 12.6 Å². The Balaban J connectivity index is 2.05. The minimum atomic E-state index is 0.0203. The van der Waals surface area contributed by atoms with Crippen LogP contribution < -0.4 is 5.73 Å². The maximum atomic E-state index is 8.74. The Labute approximate surface area is 75.2 Å². The molecular formula is C10H21NO. The number of hydrogen-bond donors (Lipinski definition) is 2. The number of hydrogen-bond acceptors (Lipinski definition) is 2. The van der Waals surface area contributed by atoms with Crippen LogP contribution in [0.15, 0.2) is 0 Å². The van der Waals surface area contributed by atoms with E-state index in [0.717, 1.165) is 12.3 Å². The van der Waals surface area contributed by atoms with Crippen LogP contribution in [0.25, 0.3) is 0 Å². The summed E-state index contributed by atoms with van der Waals surface area (Å²) in [7, 11) is 0. The lowest BCUT2D eigenvalue weighted by Crippen LogP contribution is -2.25. The van der Waals surface area contributed by atoms with Crippen LogP contribution >= 0.6 is 0 Å². The summed E-state index contributed by atoms with van der Waals surface area (Å²) >= 11 is 0. The van der Waals surface area contributed by atoms with E-state index in [1.54, 1.807) is 0 Å². The van der Waals surface area contributed by atoms with E-state index in [0.29, 0.717) is 0 Å². The van der Waals surface area contributed by atoms with Crippen LogP contribution in [0.5, 0.6) is 0 Å². The minimum Gasteiger partial charge on any atom is -0.395 e. The molecule has 3 N–H and O–H groups in total. The average molecular weight is 171 g/mol. The van der Waals surface area contributed by atoms with Gasteiger partial charge in [-0.2, -0.15) is 0 Å². The van der Waals surface area contributed by atoms with Crippen molar-refractivity contribution in [1.29, 1.82) is 0 Å². The molecule has 0 heterocycles. The Kier molecular flexibility index (Phi) is 4.62. The van der Waals surface area contributed by atoms with Crippen molar-refractivity contribution in [2.24, 2.45) is 11.7 Å². The molecule has 1 fully saturated rings. The summed E-state index contributed by atoms with van der Waals surface area (Å²) < 4.78 is 0. The Hall–Kier alpha value is -0.0800. The normalized spacial score (nSPS) is 22.5. The summed E-state index contributed by atoms with van der Waals surface area (Å²) in [5, 5.41) is 8.74. The Morgan fingerprint density at radius 3 is 2.50 bits per heavy atom. The second kappa shape index (κ2) is 5.55. The number of aliphatic hydroxyl groups is 1. The number of aliphatic hydroxyl groups excluding tert-OH is 1. The molecule has 1 atom stereocenters. The highest BCUT2D eigenvalue weighted by molar-refractivity contribution is 4.68. The zero-order valence-electron chi connectivity index (χ0n) is 7.84. The average Bonchev–Trinajstić information content (AvgIpc) is 2.16. The lowest BCUT2D eigenvalue weighted by atomic mass is 9.85. The van der Waals surface area contributed by atoms with Crippen molar-refractivity contribution in [3.63, 3.8) is 0 Å². The molecule has 2 heteroatoms. The van der Waals surface area contributed by atoms with Crippen LogP contribution in [0.1, 0.15) is 44.9 Å². The van der Waals surface area contributed by atoms with Gasteiger partial charge in [-0.3, -0.25) is 0 Å². The van der Waals surface area contributed by atoms with Gasteiger partial charge in [-0.25, -0.2) is 0 Å². The fraction of sp³-hybridized carbons (Fsp3) is 1.00. The van der Waals surface area contributed by atoms with Gasteiger partial charge in [0, 0.05) is 6.04 Å². The highest BCUT2D eigenvalue weighted by atomic mass is 16.3. The Bertz CT molecular complexity index is 110. The van der Waals surface area contributed by atoms with Gasteiger partial charge in [-0.05, 0) is 18.8 Å². The molecule has 0 saturated heterocycles. The number of nitrogens with two attached hydrogens (primary N) is 1. The monoisotopic (exact) mass is 171 g/mol. The predicted octanol–water partition coefficient (Wildman–Crippen LogP) is 1.67. The fourth-order valence-electron chi connectivity index (χ4n) is 2.02. The van der Waals surface area contributed by atoms with Crippen molar-refractivity contribution < 1.29 is 5.11 Å². The van der Waals surface area contributed by atoms with Crippen molar-refractivity contribution in [2.45, 2.75) is 51.0 Å². The van der Waals surface area contributed by atoms with Crippen molar-refractivity contribution in [3.8, 4) is 0 Å². The zero-order chi connectivity index (χ0) is 8.81. The topological polar surface area (TPSA) is 46.2 Å². The molecule has 0 spiro atoms. The van der Waals surface area contributed by atoms with E-state index in [9.17, 15) is 0 Å². The molecule has 0 aromatic carbocycles. The van der Waals surface area contributed by atoms with Gasteiger partial charge in [0.15, 0.2) is 0 Å². The summed E-state index contributed by atoms with van der Waals surface area (Å²) in [6.07, 6.45) is 9.22. The first-order valence-electron chi connectivity index (χ1n) is 5.19. The van der Waals surface area contributed by atoms with E-state index >= 15 is 0 Å². The highest BCUT2D eigenvalue weighted by Crippen LogP contribution is 2.27. The zero-order valence-corrected chi connectivity index (χ0v) is 7.84. The van der Waals surface area contributed by atoms with Gasteiger partial charge >= 0.3 is 0 Å². The molecule has 0 radical (unpaired) electrons. The first kappa shape index (κ1) is 10.0. The molecular weight excluding hydrogens is 150 g/mol. The molecule has 0 aromatic rings. The minimum absolute atomic E-state index is 0.0203. The summed E-state index contributed by atoms with van der Waals surface area (Å²) in [6.45, 7) is 0.146. The summed E-state index contributed by atoms with van der Waals surface area (Å²) in [5.74, 6) is 0.899. The first-order valence-corrected chi connectivity index (χ1v) is 5.19. The van der Waals surface area contributed by atoms with Crippen LogP contribution in [-0.4, -0.2) is 17.8 Å². The molecule has 72 valence electrons. The maximum Gasteiger partial charge on any atom is 0.0582 e. The SMILES string of the molecule is N[C@H](CO)CCC1CCCCC1. The third-order valence-electron chi connectivity index (χ3n) is 2.90. The standard InChI is InChI=1S/C10H21NO/c11-10(8-12)7-6-9-4-2-1-3-5-9/h9-10,12H,1-8,11H2/t10-/m0/s1. The number of rotatable bonds is 4. The van der Waals surface area contributed by atoms with E-state index < -0.39 is 0 Å². The molecule has 1 aliphatic rings. The quantitative estimate of drug-likeness (QED) is 0.676. The van der Waals surface area contributed by atoms with Gasteiger partial charge < -0.3 is 10.8 Å². The van der Waals surface area contributed by atoms with Gasteiger partial charge in [-0.15, -0.1) is 0 Å². The third-order valence-corrected chi connectivity index (χ3v) is 2.90. The van der Waals surface area contributed by atoms with Gasteiger partial charge in [0.2, 0.25) is 0 Å². The van der Waals surface area contributed by atoms with E-state index in [2.05, 4.69) is 0 Å². The molecule has 1 aliphatic carbocycles. The predicted molar refractivity (Wildman–Crippen MR) is 50.9 cm³/mol. The lowest BCUT2D eigenvalue weighted by molar-refractivity contribution is 0.243. The largest absolute Gasteiger partial charge is 0.395 e. The van der Waals surface area contributed by atoms with Crippen LogP contribution in [-0.2, 0) is 0 Å². The maximum absolute atomic E-state index is 8.74. The van der Waals surface area contributed by atoms with E-state index in [1.807, 2.05) is 0 Å². The van der Waals surface area contributed by atoms with Crippen molar-refractivity contribution in [1.82, 2.24) is 0 Å². The molecule has 0 unspecified atom stereocenters. The van der Waals surface area contributed by atoms with Gasteiger partial charge in [-0.1, -0.05) is 32.1 Å². The smallest absolute Gasteiger partial charge is 0.0582 e. The van der Waals surface area contributed by atoms with Crippen LogP contribution in [0.4, 0.5) is 0 Å². The van der Waals surface area contributed by atoms with Crippen molar-refractivity contribution in [3.05, 3.63) is 0 Å². The molecule has 0 bridgehead atoms. The van der Waals surface area contributed by atoms with Gasteiger partial charge in [0.1, 0.15) is 0 Å². The van der Waals surface area contributed by atoms with Crippen molar-refractivity contribution >= 4 is 0 Å². The highest BCUT2D eigenvalue weighted by Gasteiger charge is 2.13. The molecule has 0 aromatic heterocycles. The second-order valence-electron chi connectivity index (χ2n) is 4.02. The summed E-state index contributed by atoms with van der Waals surface area (Å²) in [4.78, 5) is 0. The van der Waals surface area contributed by atoms with E-state index in [4.69, 9.17) is 10.8 Å². The molecule has 2 nitrogen and oxygen atoms in total. The van der Waals surface area contributed by atoms with Crippen LogP contribution in [0.3, 0.4) is 0 Å². The second-order valence-corrected chi connectivity index (χ2v) is 4.02.